The number of fused-ring (bicyclic) bond motifs is 2. The zero-order valence-corrected chi connectivity index (χ0v) is 17.5. The van der Waals surface area contributed by atoms with Crippen LogP contribution in [0.3, 0.4) is 0 Å². The minimum Gasteiger partial charge on any atom is -0.379 e. The van der Waals surface area contributed by atoms with Gasteiger partial charge >= 0.3 is 0 Å². The van der Waals surface area contributed by atoms with Gasteiger partial charge in [0.15, 0.2) is 0 Å². The van der Waals surface area contributed by atoms with E-state index < -0.39 is 0 Å². The first-order chi connectivity index (χ1) is 15.1. The van der Waals surface area contributed by atoms with Crippen molar-refractivity contribution in [3.05, 3.63) is 70.8 Å². The first kappa shape index (κ1) is 20.6. The number of para-hydroxylation sites is 3. The molecule has 0 aliphatic carbocycles. The highest BCUT2D eigenvalue weighted by atomic mass is 16.5. The molecule has 4 aromatic rings. The summed E-state index contributed by atoms with van der Waals surface area (Å²) in [6.07, 6.45) is 4.05. The maximum Gasteiger partial charge on any atom is 0.262 e. The number of hydrogen-bond donors (Lipinski definition) is 1. The Morgan fingerprint density at radius 2 is 1.81 bits per heavy atom. The Labute approximate surface area is 179 Å². The summed E-state index contributed by atoms with van der Waals surface area (Å²) in [4.78, 5) is 26.5. The lowest BCUT2D eigenvalue weighted by Gasteiger charge is -2.13. The quantitative estimate of drug-likeness (QED) is 0.268. The number of nitrogens with zero attached hydrogens (tertiary/aromatic N) is 5. The second-order valence-electron chi connectivity index (χ2n) is 7.34. The second kappa shape index (κ2) is 9.44. The molecule has 8 heteroatoms. The summed E-state index contributed by atoms with van der Waals surface area (Å²) in [5.41, 5.74) is 5.62. The summed E-state index contributed by atoms with van der Waals surface area (Å²) in [5, 5.41) is 4.82. The van der Waals surface area contributed by atoms with Gasteiger partial charge in [-0.1, -0.05) is 24.3 Å². The van der Waals surface area contributed by atoms with Crippen molar-refractivity contribution >= 4 is 34.1 Å². The van der Waals surface area contributed by atoms with E-state index in [2.05, 4.69) is 25.5 Å². The van der Waals surface area contributed by atoms with Crippen LogP contribution in [0.4, 0.5) is 5.95 Å². The van der Waals surface area contributed by atoms with Crippen molar-refractivity contribution in [3.63, 3.8) is 0 Å². The lowest BCUT2D eigenvalue weighted by atomic mass is 10.2. The van der Waals surface area contributed by atoms with Crippen LogP contribution in [0.15, 0.2) is 64.6 Å². The van der Waals surface area contributed by atoms with E-state index in [0.717, 1.165) is 11.0 Å². The molecule has 0 atom stereocenters. The van der Waals surface area contributed by atoms with Gasteiger partial charge in [-0.3, -0.25) is 14.3 Å². The molecule has 0 aliphatic rings. The summed E-state index contributed by atoms with van der Waals surface area (Å²) in [7, 11) is 0. The van der Waals surface area contributed by atoms with Crippen LogP contribution in [0.25, 0.3) is 21.9 Å². The minimum atomic E-state index is -0.113. The maximum absolute atomic E-state index is 13.0. The Bertz CT molecular complexity index is 1280. The number of benzene rings is 2. The summed E-state index contributed by atoms with van der Waals surface area (Å²) < 4.78 is 7.20. The van der Waals surface area contributed by atoms with E-state index >= 15 is 0 Å². The molecule has 1 N–H and O–H groups in total. The van der Waals surface area contributed by atoms with E-state index in [9.17, 15) is 4.79 Å². The van der Waals surface area contributed by atoms with Gasteiger partial charge in [-0.15, -0.1) is 0 Å². The number of anilines is 1. The maximum atomic E-state index is 13.0. The average Bonchev–Trinajstić information content (AvgIpc) is 2.78. The fourth-order valence-electron chi connectivity index (χ4n) is 3.19. The summed E-state index contributed by atoms with van der Waals surface area (Å²) in [5.74, 6) is 0.373. The van der Waals surface area contributed by atoms with Crippen molar-refractivity contribution in [1.82, 2.24) is 19.5 Å². The predicted molar refractivity (Wildman–Crippen MR) is 122 cm³/mol. The van der Waals surface area contributed by atoms with Crippen molar-refractivity contribution in [2.45, 2.75) is 32.9 Å². The van der Waals surface area contributed by atoms with Gasteiger partial charge in [0.1, 0.15) is 5.69 Å². The highest BCUT2D eigenvalue weighted by molar-refractivity contribution is 5.82. The Balaban J connectivity index is 1.59. The lowest BCUT2D eigenvalue weighted by molar-refractivity contribution is 0.0748. The Kier molecular flexibility index (Phi) is 6.28. The molecule has 0 saturated carbocycles. The van der Waals surface area contributed by atoms with E-state index in [1.165, 1.54) is 0 Å². The van der Waals surface area contributed by atoms with Gasteiger partial charge in [0, 0.05) is 13.2 Å². The number of ether oxygens (including phenoxy) is 1. The molecule has 2 aromatic heterocycles. The first-order valence-electron chi connectivity index (χ1n) is 10.2. The van der Waals surface area contributed by atoms with Crippen LogP contribution in [-0.2, 0) is 11.3 Å². The van der Waals surface area contributed by atoms with E-state index in [0.29, 0.717) is 42.1 Å². The van der Waals surface area contributed by atoms with Crippen LogP contribution < -0.4 is 11.0 Å². The number of aromatic nitrogens is 4. The van der Waals surface area contributed by atoms with Crippen molar-refractivity contribution in [3.8, 4) is 0 Å². The Morgan fingerprint density at radius 3 is 2.61 bits per heavy atom. The summed E-state index contributed by atoms with van der Waals surface area (Å²) in [6.45, 7) is 5.01. The van der Waals surface area contributed by atoms with Crippen LogP contribution in [0.2, 0.25) is 0 Å². The molecule has 0 bridgehead atoms. The zero-order valence-electron chi connectivity index (χ0n) is 17.5. The zero-order chi connectivity index (χ0) is 21.6. The van der Waals surface area contributed by atoms with Crippen molar-refractivity contribution in [1.29, 1.82) is 0 Å². The Morgan fingerprint density at radius 1 is 1.06 bits per heavy atom. The molecule has 0 aliphatic heterocycles. The van der Waals surface area contributed by atoms with Gasteiger partial charge in [0.25, 0.3) is 5.56 Å². The molecule has 0 radical (unpaired) electrons. The number of nitrogens with one attached hydrogen (secondary N) is 1. The van der Waals surface area contributed by atoms with E-state index in [1.54, 1.807) is 23.0 Å². The second-order valence-corrected chi connectivity index (χ2v) is 7.34. The molecule has 0 saturated heterocycles. The van der Waals surface area contributed by atoms with Crippen molar-refractivity contribution in [2.75, 3.05) is 12.0 Å². The molecule has 158 valence electrons. The standard InChI is InChI=1S/C23H24N6O2/c1-16(2)31-13-7-12-29-22(30)18-8-3-4-9-19(18)27-23(29)28-25-15-17-14-24-20-10-5-6-11-21(20)26-17/h3-6,8-11,14-16H,7,12-13H2,1-2H3,(H,27,28)/b25-15-. The molecule has 0 unspecified atom stereocenters. The average molecular weight is 416 g/mol. The molecule has 0 amide bonds. The van der Waals surface area contributed by atoms with E-state index in [4.69, 9.17) is 4.74 Å². The molecule has 0 spiro atoms. The molecular weight excluding hydrogens is 392 g/mol. The summed E-state index contributed by atoms with van der Waals surface area (Å²) in [6, 6.07) is 14.9. The fraction of sp³-hybridized carbons (Fsp3) is 0.261. The van der Waals surface area contributed by atoms with Crippen molar-refractivity contribution < 1.29 is 4.74 Å². The fourth-order valence-corrected chi connectivity index (χ4v) is 3.19. The monoisotopic (exact) mass is 416 g/mol. The number of hydrogen-bond acceptors (Lipinski definition) is 7. The SMILES string of the molecule is CC(C)OCCCn1c(N/N=C\c2cnc3ccccc3n2)nc2ccccc2c1=O. The molecule has 4 rings (SSSR count). The lowest BCUT2D eigenvalue weighted by Crippen LogP contribution is -2.25. The van der Waals surface area contributed by atoms with Gasteiger partial charge in [-0.25, -0.2) is 15.4 Å². The normalized spacial score (nSPS) is 11.7. The largest absolute Gasteiger partial charge is 0.379 e. The van der Waals surface area contributed by atoms with Gasteiger partial charge in [0.05, 0.1) is 40.5 Å². The molecule has 2 heterocycles. The molecule has 2 aromatic carbocycles. The summed E-state index contributed by atoms with van der Waals surface area (Å²) >= 11 is 0. The van der Waals surface area contributed by atoms with Crippen molar-refractivity contribution in [2.24, 2.45) is 5.10 Å². The number of hydrazone groups is 1. The van der Waals surface area contributed by atoms with E-state index in [-0.39, 0.29) is 11.7 Å². The third-order valence-corrected chi connectivity index (χ3v) is 4.67. The smallest absolute Gasteiger partial charge is 0.262 e. The minimum absolute atomic E-state index is 0.113. The predicted octanol–water partition coefficient (Wildman–Crippen LogP) is 3.60. The van der Waals surface area contributed by atoms with Gasteiger partial charge in [-0.2, -0.15) is 5.10 Å². The van der Waals surface area contributed by atoms with Crippen LogP contribution in [0.5, 0.6) is 0 Å². The third kappa shape index (κ3) is 4.92. The van der Waals surface area contributed by atoms with Crippen LogP contribution in [0.1, 0.15) is 26.0 Å². The molecule has 31 heavy (non-hydrogen) atoms. The third-order valence-electron chi connectivity index (χ3n) is 4.67. The number of rotatable bonds is 8. The first-order valence-corrected chi connectivity index (χ1v) is 10.2. The van der Waals surface area contributed by atoms with Gasteiger partial charge in [0.2, 0.25) is 5.95 Å². The van der Waals surface area contributed by atoms with Crippen LogP contribution in [-0.4, -0.2) is 38.4 Å². The van der Waals surface area contributed by atoms with E-state index in [1.807, 2.05) is 56.3 Å². The Hall–Kier alpha value is -3.65. The highest BCUT2D eigenvalue weighted by Crippen LogP contribution is 2.12. The molecular formula is C23H24N6O2. The molecule has 8 nitrogen and oxygen atoms in total. The molecule has 0 fully saturated rings. The van der Waals surface area contributed by atoms with Gasteiger partial charge < -0.3 is 4.74 Å². The topological polar surface area (TPSA) is 94.3 Å². The highest BCUT2D eigenvalue weighted by Gasteiger charge is 2.10. The van der Waals surface area contributed by atoms with Gasteiger partial charge in [-0.05, 0) is 44.5 Å². The van der Waals surface area contributed by atoms with Crippen LogP contribution in [0, 0.1) is 0 Å². The van der Waals surface area contributed by atoms with Crippen LogP contribution >= 0.6 is 0 Å².